The second-order valence-electron chi connectivity index (χ2n) is 12.3. The molecule has 224 valence electrons. The van der Waals surface area contributed by atoms with Gasteiger partial charge in [0.25, 0.3) is 0 Å². The summed E-state index contributed by atoms with van der Waals surface area (Å²) in [5, 5.41) is 1.19. The molecule has 1 aromatic heterocycles. The van der Waals surface area contributed by atoms with Crippen LogP contribution in [-0.2, 0) is 28.8 Å². The van der Waals surface area contributed by atoms with Crippen molar-refractivity contribution in [2.45, 2.75) is 96.9 Å². The van der Waals surface area contributed by atoms with Gasteiger partial charge in [0.15, 0.2) is 0 Å². The number of piperazine rings is 1. The normalized spacial score (nSPS) is 20.6. The number of allylic oxidation sites excluding steroid dienone is 2. The predicted molar refractivity (Wildman–Crippen MR) is 168 cm³/mol. The second-order valence-corrected chi connectivity index (χ2v) is 14.0. The van der Waals surface area contributed by atoms with Crippen LogP contribution in [0.4, 0.5) is 10.6 Å². The third kappa shape index (κ3) is 7.57. The Labute approximate surface area is 253 Å². The van der Waals surface area contributed by atoms with E-state index in [1.807, 2.05) is 37.8 Å². The highest BCUT2D eigenvalue weighted by Crippen LogP contribution is 2.37. The van der Waals surface area contributed by atoms with Gasteiger partial charge >= 0.3 is 11.2 Å². The highest BCUT2D eigenvalue weighted by atomic mass is 35.5. The van der Waals surface area contributed by atoms with Crippen molar-refractivity contribution >= 4 is 40.3 Å². The number of amides is 1. The van der Waals surface area contributed by atoms with Gasteiger partial charge < -0.3 is 19.1 Å². The number of rotatable bonds is 7. The SMILES string of the molecule is C/C=C(/CCC1CCc2c(nc([S+](C)[O-])nc2N2CCN(C(=O)OC(C)(C)C)[C@@H](CC)C2)C1)c1c(C)cccc1Cl. The van der Waals surface area contributed by atoms with Crippen LogP contribution in [0.2, 0.25) is 5.02 Å². The van der Waals surface area contributed by atoms with Crippen LogP contribution in [0.5, 0.6) is 0 Å². The summed E-state index contributed by atoms with van der Waals surface area (Å²) in [4.78, 5) is 26.7. The van der Waals surface area contributed by atoms with Crippen LogP contribution in [0.25, 0.3) is 5.57 Å². The van der Waals surface area contributed by atoms with E-state index in [1.165, 1.54) is 16.7 Å². The van der Waals surface area contributed by atoms with Crippen molar-refractivity contribution in [1.29, 1.82) is 0 Å². The Morgan fingerprint density at radius 1 is 1.27 bits per heavy atom. The molecule has 2 unspecified atom stereocenters. The molecule has 0 bridgehead atoms. The van der Waals surface area contributed by atoms with Gasteiger partial charge in [-0.25, -0.2) is 4.79 Å². The molecule has 1 aliphatic carbocycles. The minimum atomic E-state index is -1.29. The molecule has 2 aromatic rings. The van der Waals surface area contributed by atoms with Crippen molar-refractivity contribution in [2.75, 3.05) is 30.8 Å². The maximum absolute atomic E-state index is 12.9. The van der Waals surface area contributed by atoms with E-state index in [9.17, 15) is 9.35 Å². The highest BCUT2D eigenvalue weighted by Gasteiger charge is 2.35. The van der Waals surface area contributed by atoms with Gasteiger partial charge in [0.05, 0.1) is 11.7 Å². The first kappa shape index (κ1) is 31.6. The molecule has 0 radical (unpaired) electrons. The molecule has 7 nitrogen and oxygen atoms in total. The summed E-state index contributed by atoms with van der Waals surface area (Å²) in [5.41, 5.74) is 5.29. The molecule has 4 rings (SSSR count). The minimum absolute atomic E-state index is 0.0173. The second kappa shape index (κ2) is 13.3. The van der Waals surface area contributed by atoms with Crippen LogP contribution < -0.4 is 4.90 Å². The van der Waals surface area contributed by atoms with Crippen molar-refractivity contribution in [1.82, 2.24) is 14.9 Å². The van der Waals surface area contributed by atoms with Gasteiger partial charge in [-0.3, -0.25) is 0 Å². The number of fused-ring (bicyclic) bond motifs is 1. The fraction of sp³-hybridized carbons (Fsp3) is 0.594. The summed E-state index contributed by atoms with van der Waals surface area (Å²) >= 11 is 5.30. The van der Waals surface area contributed by atoms with Crippen LogP contribution in [0.15, 0.2) is 29.4 Å². The van der Waals surface area contributed by atoms with Crippen LogP contribution in [-0.4, -0.2) is 63.0 Å². The lowest BCUT2D eigenvalue weighted by molar-refractivity contribution is 0.0136. The van der Waals surface area contributed by atoms with Gasteiger partial charge in [0.2, 0.25) is 0 Å². The fourth-order valence-corrected chi connectivity index (χ4v) is 6.85. The Morgan fingerprint density at radius 3 is 2.66 bits per heavy atom. The van der Waals surface area contributed by atoms with E-state index in [1.54, 1.807) is 6.26 Å². The zero-order valence-electron chi connectivity index (χ0n) is 25.6. The van der Waals surface area contributed by atoms with E-state index in [0.717, 1.165) is 60.6 Å². The number of carbonyl (C=O) groups is 1. The van der Waals surface area contributed by atoms with Crippen molar-refractivity contribution < 1.29 is 14.1 Å². The van der Waals surface area contributed by atoms with Gasteiger partial charge in [-0.2, -0.15) is 9.97 Å². The predicted octanol–water partition coefficient (Wildman–Crippen LogP) is 7.00. The van der Waals surface area contributed by atoms with Crippen molar-refractivity contribution in [3.05, 3.63) is 51.7 Å². The number of halogens is 1. The average molecular weight is 601 g/mol. The van der Waals surface area contributed by atoms with Gasteiger partial charge in [-0.05, 0) is 102 Å². The molecule has 1 fully saturated rings. The van der Waals surface area contributed by atoms with Gasteiger partial charge in [-0.15, -0.1) is 0 Å². The Morgan fingerprint density at radius 2 is 2.02 bits per heavy atom. The zero-order chi connectivity index (χ0) is 29.9. The number of nitrogens with zero attached hydrogens (tertiary/aromatic N) is 4. The number of aryl methyl sites for hydroxylation is 1. The summed E-state index contributed by atoms with van der Waals surface area (Å²) in [7, 11) is 0. The molecule has 0 saturated carbocycles. The highest BCUT2D eigenvalue weighted by molar-refractivity contribution is 7.90. The van der Waals surface area contributed by atoms with Crippen LogP contribution in [0.1, 0.15) is 82.7 Å². The first-order valence-corrected chi connectivity index (χ1v) is 16.7. The Kier molecular flexibility index (Phi) is 10.3. The van der Waals surface area contributed by atoms with E-state index in [-0.39, 0.29) is 12.1 Å². The first-order chi connectivity index (χ1) is 19.4. The lowest BCUT2D eigenvalue weighted by Crippen LogP contribution is -2.56. The van der Waals surface area contributed by atoms with Crippen molar-refractivity contribution in [3.8, 4) is 0 Å². The smallest absolute Gasteiger partial charge is 0.410 e. The summed E-state index contributed by atoms with van der Waals surface area (Å²) < 4.78 is 18.3. The van der Waals surface area contributed by atoms with Crippen LogP contribution >= 0.6 is 11.6 Å². The third-order valence-corrected chi connectivity index (χ3v) is 9.20. The average Bonchev–Trinajstić information content (AvgIpc) is 2.92. The maximum Gasteiger partial charge on any atom is 0.410 e. The molecule has 0 spiro atoms. The van der Waals surface area contributed by atoms with Gasteiger partial charge in [-0.1, -0.05) is 36.7 Å². The molecule has 1 aromatic carbocycles. The molecule has 1 amide bonds. The number of hydrogen-bond acceptors (Lipinski definition) is 6. The Bertz CT molecular complexity index is 1260. The molecular weight excluding hydrogens is 556 g/mol. The molecule has 3 atom stereocenters. The zero-order valence-corrected chi connectivity index (χ0v) is 27.2. The third-order valence-electron chi connectivity index (χ3n) is 8.19. The van der Waals surface area contributed by atoms with Gasteiger partial charge in [0.1, 0.15) is 17.7 Å². The summed E-state index contributed by atoms with van der Waals surface area (Å²) in [6.07, 6.45) is 9.18. The molecule has 1 aliphatic heterocycles. The van der Waals surface area contributed by atoms with Crippen molar-refractivity contribution in [2.24, 2.45) is 5.92 Å². The number of benzene rings is 1. The van der Waals surface area contributed by atoms with Crippen LogP contribution in [0, 0.1) is 12.8 Å². The molecule has 2 heterocycles. The lowest BCUT2D eigenvalue weighted by atomic mass is 9.82. The lowest BCUT2D eigenvalue weighted by Gasteiger charge is -2.42. The molecule has 9 heteroatoms. The number of hydrogen-bond donors (Lipinski definition) is 0. The number of carbonyl (C=O) groups excluding carboxylic acids is 1. The molecule has 41 heavy (non-hydrogen) atoms. The summed E-state index contributed by atoms with van der Waals surface area (Å²) in [6.45, 7) is 13.9. The summed E-state index contributed by atoms with van der Waals surface area (Å²) in [5.74, 6) is 1.37. The molecular formula is C32H45ClN4O3S. The standard InChI is InChI=1S/C32H45ClN4O3S/c1-8-23(28-21(3)11-10-12-26(28)33)15-13-22-14-16-25-27(19-22)34-30(41(7)39)35-29(25)36-17-18-37(24(9-2)20-36)31(38)40-32(4,5)6/h8,10-12,22,24H,9,13-20H2,1-7H3/b23-8-/t22?,24-,41?/m0/s1. The fourth-order valence-electron chi connectivity index (χ4n) is 6.05. The minimum Gasteiger partial charge on any atom is -0.609 e. The molecule has 2 aliphatic rings. The van der Waals surface area contributed by atoms with E-state index in [2.05, 4.69) is 37.8 Å². The van der Waals surface area contributed by atoms with E-state index >= 15 is 0 Å². The molecule has 0 N–H and O–H groups in total. The monoisotopic (exact) mass is 600 g/mol. The number of ether oxygens (including phenoxy) is 1. The van der Waals surface area contributed by atoms with E-state index < -0.39 is 16.8 Å². The Hall–Kier alpha value is -2.29. The van der Waals surface area contributed by atoms with Crippen molar-refractivity contribution in [3.63, 3.8) is 0 Å². The van der Waals surface area contributed by atoms with E-state index in [0.29, 0.717) is 30.7 Å². The van der Waals surface area contributed by atoms with Crippen LogP contribution in [0.3, 0.4) is 0 Å². The Balaban J connectivity index is 1.52. The topological polar surface area (TPSA) is 81.6 Å². The number of anilines is 1. The van der Waals surface area contributed by atoms with Gasteiger partial charge in [0, 0.05) is 41.4 Å². The first-order valence-electron chi connectivity index (χ1n) is 14.8. The quantitative estimate of drug-likeness (QED) is 0.251. The molecule has 1 saturated heterocycles. The largest absolute Gasteiger partial charge is 0.609 e. The summed E-state index contributed by atoms with van der Waals surface area (Å²) in [6, 6.07) is 6.09. The number of aromatic nitrogens is 2. The maximum atomic E-state index is 12.9. The van der Waals surface area contributed by atoms with E-state index in [4.69, 9.17) is 26.3 Å².